The second kappa shape index (κ2) is 9.57. The minimum Gasteiger partial charge on any atom is -0.380 e. The summed E-state index contributed by atoms with van der Waals surface area (Å²) in [6, 6.07) is 6.98. The van der Waals surface area contributed by atoms with E-state index in [1.165, 1.54) is 12.4 Å². The van der Waals surface area contributed by atoms with E-state index >= 15 is 0 Å². The summed E-state index contributed by atoms with van der Waals surface area (Å²) in [5.74, 6) is -0.0350. The molecule has 29 heavy (non-hydrogen) atoms. The van der Waals surface area contributed by atoms with Gasteiger partial charge >= 0.3 is 0 Å². The van der Waals surface area contributed by atoms with Crippen LogP contribution in [0.15, 0.2) is 35.6 Å². The van der Waals surface area contributed by atoms with Crippen LogP contribution in [0.1, 0.15) is 16.8 Å². The van der Waals surface area contributed by atoms with Gasteiger partial charge in [0.1, 0.15) is 11.4 Å². The van der Waals surface area contributed by atoms with Crippen LogP contribution >= 0.6 is 0 Å². The molecule has 1 fully saturated rings. The highest BCUT2D eigenvalue weighted by Crippen LogP contribution is 2.23. The first-order chi connectivity index (χ1) is 14.1. The summed E-state index contributed by atoms with van der Waals surface area (Å²) in [5.41, 5.74) is 15.8. The third kappa shape index (κ3) is 5.46. The quantitative estimate of drug-likeness (QED) is 0.281. The van der Waals surface area contributed by atoms with Gasteiger partial charge in [0.25, 0.3) is 5.91 Å². The van der Waals surface area contributed by atoms with Crippen molar-refractivity contribution in [3.63, 3.8) is 0 Å². The summed E-state index contributed by atoms with van der Waals surface area (Å²) in [7, 11) is 0. The topological polar surface area (TPSA) is 176 Å². The number of nitrogens with zero attached hydrogens (tertiary/aromatic N) is 3. The van der Waals surface area contributed by atoms with Gasteiger partial charge in [0, 0.05) is 36.8 Å². The fourth-order valence-electron chi connectivity index (χ4n) is 2.78. The Bertz CT molecular complexity index is 903. The van der Waals surface area contributed by atoms with Gasteiger partial charge in [0.2, 0.25) is 5.95 Å². The number of amides is 1. The number of nitrogens with one attached hydrogen (secondary N) is 4. The lowest BCUT2D eigenvalue weighted by Crippen LogP contribution is -2.47. The first-order valence-electron chi connectivity index (χ1n) is 8.98. The molecule has 0 bridgehead atoms. The number of nitrogens with two attached hydrogens (primary N) is 2. The molecule has 1 aliphatic heterocycles. The molecule has 1 amide bonds. The number of hydrazone groups is 1. The molecule has 8 N–H and O–H groups in total. The zero-order valence-electron chi connectivity index (χ0n) is 15.6. The first-order valence-corrected chi connectivity index (χ1v) is 8.98. The Labute approximate surface area is 167 Å². The van der Waals surface area contributed by atoms with E-state index in [1.807, 2.05) is 0 Å². The molecule has 11 heteroatoms. The molecule has 1 saturated heterocycles. The van der Waals surface area contributed by atoms with Gasteiger partial charge in [-0.1, -0.05) is 6.07 Å². The molecule has 0 aliphatic carbocycles. The smallest absolute Gasteiger partial charge is 0.254 e. The van der Waals surface area contributed by atoms with Crippen molar-refractivity contribution in [2.45, 2.75) is 18.5 Å². The van der Waals surface area contributed by atoms with Crippen LogP contribution in [-0.4, -0.2) is 53.6 Å². The molecule has 152 valence electrons. The molecule has 1 aromatic carbocycles. The predicted molar refractivity (Wildman–Crippen MR) is 112 cm³/mol. The van der Waals surface area contributed by atoms with Crippen LogP contribution in [0.4, 0.5) is 23.1 Å². The number of ether oxygens (including phenoxy) is 1. The molecule has 1 aromatic heterocycles. The lowest BCUT2D eigenvalue weighted by Gasteiger charge is -2.29. The van der Waals surface area contributed by atoms with Gasteiger partial charge in [-0.2, -0.15) is 10.1 Å². The van der Waals surface area contributed by atoms with Crippen molar-refractivity contribution >= 4 is 41.5 Å². The summed E-state index contributed by atoms with van der Waals surface area (Å²) < 4.78 is 5.34. The zero-order chi connectivity index (χ0) is 20.6. The van der Waals surface area contributed by atoms with E-state index in [0.29, 0.717) is 30.5 Å². The summed E-state index contributed by atoms with van der Waals surface area (Å²) in [6.45, 7) is 1.07. The molecule has 2 aromatic rings. The Kier molecular flexibility index (Phi) is 6.66. The van der Waals surface area contributed by atoms with E-state index in [1.54, 1.807) is 24.3 Å². The molecule has 2 atom stereocenters. The van der Waals surface area contributed by atoms with Crippen molar-refractivity contribution in [3.8, 4) is 0 Å². The van der Waals surface area contributed by atoms with E-state index in [-0.39, 0.29) is 23.5 Å². The van der Waals surface area contributed by atoms with E-state index in [2.05, 4.69) is 31.1 Å². The minimum atomic E-state index is -0.647. The monoisotopic (exact) mass is 397 g/mol. The van der Waals surface area contributed by atoms with Crippen LogP contribution in [0.2, 0.25) is 0 Å². The Morgan fingerprint density at radius 2 is 2.21 bits per heavy atom. The second-order valence-corrected chi connectivity index (χ2v) is 6.36. The fourth-order valence-corrected chi connectivity index (χ4v) is 2.78. The average Bonchev–Trinajstić information content (AvgIpc) is 2.70. The van der Waals surface area contributed by atoms with Crippen LogP contribution < -0.4 is 27.5 Å². The van der Waals surface area contributed by atoms with Crippen LogP contribution in [0.3, 0.4) is 0 Å². The number of anilines is 4. The van der Waals surface area contributed by atoms with Crippen LogP contribution in [-0.2, 0) is 4.74 Å². The zero-order valence-corrected chi connectivity index (χ0v) is 15.6. The van der Waals surface area contributed by atoms with Crippen molar-refractivity contribution in [1.82, 2.24) is 9.97 Å². The molecule has 0 radical (unpaired) electrons. The molecular formula is C18H23N9O2. The molecule has 0 unspecified atom stereocenters. The van der Waals surface area contributed by atoms with Gasteiger partial charge in [-0.15, -0.1) is 0 Å². The number of hydrogen-bond acceptors (Lipinski definition) is 10. The Balaban J connectivity index is 1.81. The van der Waals surface area contributed by atoms with Gasteiger partial charge in [0.05, 0.1) is 18.5 Å². The average molecular weight is 397 g/mol. The van der Waals surface area contributed by atoms with Crippen molar-refractivity contribution in [2.75, 3.05) is 29.3 Å². The Morgan fingerprint density at radius 1 is 1.38 bits per heavy atom. The Morgan fingerprint density at radius 3 is 2.97 bits per heavy atom. The van der Waals surface area contributed by atoms with Gasteiger partial charge < -0.3 is 32.2 Å². The lowest BCUT2D eigenvalue weighted by atomic mass is 10.1. The van der Waals surface area contributed by atoms with Crippen LogP contribution in [0, 0.1) is 5.41 Å². The number of benzene rings is 1. The van der Waals surface area contributed by atoms with E-state index in [0.717, 1.165) is 12.6 Å². The Hall–Kier alpha value is -3.57. The molecule has 0 spiro atoms. The molecule has 0 saturated carbocycles. The number of aromatic nitrogens is 2. The maximum atomic E-state index is 11.8. The minimum absolute atomic E-state index is 0.0322. The third-order valence-corrected chi connectivity index (χ3v) is 4.24. The normalized spacial score (nSPS) is 18.9. The molecule has 11 nitrogen and oxygen atoms in total. The standard InChI is InChI=1S/C18H23N9O2/c19-5-6-23-27-12-3-1-2-11(8-12)24-17-13(16(21)28)9-22-18(26-17)25-15-4-7-29-10-14(15)20/h1-3,5-6,8-9,14-15,19,27H,4,7,10,20H2,(H2,21,28)(H2,22,24,25,26)/b19-5?,23-6-/t14-,15+/m0/s1. The molecule has 1 aliphatic rings. The van der Waals surface area contributed by atoms with Gasteiger partial charge in [-0.25, -0.2) is 4.98 Å². The summed E-state index contributed by atoms with van der Waals surface area (Å²) in [5, 5.41) is 17.1. The van der Waals surface area contributed by atoms with Crippen molar-refractivity contribution in [2.24, 2.45) is 16.6 Å². The van der Waals surface area contributed by atoms with Gasteiger partial charge in [0.15, 0.2) is 0 Å². The van der Waals surface area contributed by atoms with E-state index in [4.69, 9.17) is 21.6 Å². The number of carbonyl (C=O) groups excluding carboxylic acids is 1. The largest absolute Gasteiger partial charge is 0.380 e. The highest BCUT2D eigenvalue weighted by Gasteiger charge is 2.23. The van der Waals surface area contributed by atoms with Crippen LogP contribution in [0.25, 0.3) is 0 Å². The van der Waals surface area contributed by atoms with Crippen LogP contribution in [0.5, 0.6) is 0 Å². The molecule has 2 heterocycles. The predicted octanol–water partition coefficient (Wildman–Crippen LogP) is 0.894. The fraction of sp³-hybridized carbons (Fsp3) is 0.278. The van der Waals surface area contributed by atoms with E-state index in [9.17, 15) is 4.79 Å². The maximum Gasteiger partial charge on any atom is 0.254 e. The summed E-state index contributed by atoms with van der Waals surface area (Å²) in [6.07, 6.45) is 4.48. The van der Waals surface area contributed by atoms with Crippen molar-refractivity contribution in [3.05, 3.63) is 36.0 Å². The number of carbonyl (C=O) groups is 1. The summed E-state index contributed by atoms with van der Waals surface area (Å²) >= 11 is 0. The van der Waals surface area contributed by atoms with E-state index < -0.39 is 5.91 Å². The highest BCUT2D eigenvalue weighted by atomic mass is 16.5. The van der Waals surface area contributed by atoms with Crippen molar-refractivity contribution < 1.29 is 9.53 Å². The third-order valence-electron chi connectivity index (χ3n) is 4.24. The van der Waals surface area contributed by atoms with Gasteiger partial charge in [-0.3, -0.25) is 10.2 Å². The van der Waals surface area contributed by atoms with Gasteiger partial charge in [-0.05, 0) is 24.6 Å². The highest BCUT2D eigenvalue weighted by molar-refractivity contribution is 6.14. The first kappa shape index (κ1) is 20.2. The second-order valence-electron chi connectivity index (χ2n) is 6.36. The molecular weight excluding hydrogens is 374 g/mol. The maximum absolute atomic E-state index is 11.8. The summed E-state index contributed by atoms with van der Waals surface area (Å²) in [4.78, 5) is 20.4. The van der Waals surface area contributed by atoms with Crippen molar-refractivity contribution in [1.29, 1.82) is 5.41 Å². The lowest BCUT2D eigenvalue weighted by molar-refractivity contribution is 0.0751. The number of hydrogen-bond donors (Lipinski definition) is 6. The SMILES string of the molecule is N=C/C=N\Nc1cccc(Nc2nc(N[C@@H]3CCOC[C@@H]3N)ncc2C(N)=O)c1. The number of rotatable bonds is 8. The molecule has 3 rings (SSSR count). The number of primary amides is 1.